The van der Waals surface area contributed by atoms with E-state index in [0.29, 0.717) is 11.8 Å². The Bertz CT molecular complexity index is 597. The standard InChI is InChI=1S/C17H20N2O/c1-13-11-19(12-14-5-4-7-16(20)9-14)17-8-3-2-6-15(17)10-18-13/h2-9,13,18,20H,10-12H2,1H3/t13-/m0/s1. The average Bonchev–Trinajstić information content (AvgIpc) is 2.59. The van der Waals surface area contributed by atoms with E-state index in [2.05, 4.69) is 47.5 Å². The fraction of sp³-hybridized carbons (Fsp3) is 0.294. The molecule has 3 nitrogen and oxygen atoms in total. The molecule has 3 heteroatoms. The van der Waals surface area contributed by atoms with Crippen molar-refractivity contribution >= 4 is 5.69 Å². The minimum absolute atomic E-state index is 0.330. The quantitative estimate of drug-likeness (QED) is 0.879. The van der Waals surface area contributed by atoms with Crippen LogP contribution in [0.4, 0.5) is 5.69 Å². The van der Waals surface area contributed by atoms with Crippen molar-refractivity contribution in [2.24, 2.45) is 0 Å². The molecule has 1 aliphatic heterocycles. The van der Waals surface area contributed by atoms with Crippen molar-refractivity contribution in [3.63, 3.8) is 0 Å². The number of rotatable bonds is 2. The molecule has 0 radical (unpaired) electrons. The van der Waals surface area contributed by atoms with Crippen LogP contribution < -0.4 is 10.2 Å². The van der Waals surface area contributed by atoms with Gasteiger partial charge in [-0.3, -0.25) is 0 Å². The Kier molecular flexibility index (Phi) is 3.61. The summed E-state index contributed by atoms with van der Waals surface area (Å²) >= 11 is 0. The van der Waals surface area contributed by atoms with Gasteiger partial charge < -0.3 is 15.3 Å². The maximum absolute atomic E-state index is 9.61. The molecule has 1 aliphatic rings. The van der Waals surface area contributed by atoms with Crippen molar-refractivity contribution in [1.29, 1.82) is 0 Å². The molecule has 0 fully saturated rings. The van der Waals surface area contributed by atoms with E-state index in [9.17, 15) is 5.11 Å². The predicted octanol–water partition coefficient (Wildman–Crippen LogP) is 2.89. The second-order valence-corrected chi connectivity index (χ2v) is 5.46. The van der Waals surface area contributed by atoms with Crippen LogP contribution in [0.25, 0.3) is 0 Å². The molecule has 0 bridgehead atoms. The molecular formula is C17H20N2O. The van der Waals surface area contributed by atoms with Crippen LogP contribution in [-0.2, 0) is 13.1 Å². The van der Waals surface area contributed by atoms with Crippen molar-refractivity contribution in [1.82, 2.24) is 5.32 Å². The first-order chi connectivity index (χ1) is 9.72. The van der Waals surface area contributed by atoms with Gasteiger partial charge in [0.2, 0.25) is 0 Å². The van der Waals surface area contributed by atoms with E-state index in [1.54, 1.807) is 6.07 Å². The normalized spacial score (nSPS) is 18.4. The molecule has 2 aromatic rings. The van der Waals surface area contributed by atoms with Gasteiger partial charge in [-0.25, -0.2) is 0 Å². The molecule has 0 amide bonds. The molecule has 20 heavy (non-hydrogen) atoms. The zero-order chi connectivity index (χ0) is 13.9. The molecule has 0 saturated carbocycles. The van der Waals surface area contributed by atoms with E-state index in [1.807, 2.05) is 12.1 Å². The summed E-state index contributed by atoms with van der Waals surface area (Å²) in [6, 6.07) is 16.5. The lowest BCUT2D eigenvalue weighted by Gasteiger charge is -2.26. The van der Waals surface area contributed by atoms with Crippen LogP contribution in [0.2, 0.25) is 0 Å². The van der Waals surface area contributed by atoms with Crippen molar-refractivity contribution in [2.75, 3.05) is 11.4 Å². The summed E-state index contributed by atoms with van der Waals surface area (Å²) in [5, 5.41) is 13.2. The second kappa shape index (κ2) is 5.55. The molecule has 0 aliphatic carbocycles. The zero-order valence-electron chi connectivity index (χ0n) is 11.7. The number of hydrogen-bond acceptors (Lipinski definition) is 3. The summed E-state index contributed by atoms with van der Waals surface area (Å²) in [6.45, 7) is 4.90. The molecule has 104 valence electrons. The lowest BCUT2D eigenvalue weighted by atomic mass is 10.1. The molecule has 0 aromatic heterocycles. The SMILES string of the molecule is C[C@H]1CN(Cc2cccc(O)c2)c2ccccc2CN1. The number of hydrogen-bond donors (Lipinski definition) is 2. The van der Waals surface area contributed by atoms with Gasteiger partial charge in [-0.05, 0) is 36.2 Å². The summed E-state index contributed by atoms with van der Waals surface area (Å²) in [7, 11) is 0. The van der Waals surface area contributed by atoms with E-state index in [4.69, 9.17) is 0 Å². The summed E-state index contributed by atoms with van der Waals surface area (Å²) in [5.41, 5.74) is 3.75. The number of para-hydroxylation sites is 1. The van der Waals surface area contributed by atoms with E-state index >= 15 is 0 Å². The fourth-order valence-corrected chi connectivity index (χ4v) is 2.77. The summed E-state index contributed by atoms with van der Waals surface area (Å²) in [4.78, 5) is 2.38. The lowest BCUT2D eigenvalue weighted by Crippen LogP contribution is -2.35. The molecule has 0 spiro atoms. The number of anilines is 1. The van der Waals surface area contributed by atoms with Gasteiger partial charge in [0, 0.05) is 31.4 Å². The maximum atomic E-state index is 9.61. The van der Waals surface area contributed by atoms with E-state index in [0.717, 1.165) is 25.2 Å². The van der Waals surface area contributed by atoms with Gasteiger partial charge in [0.15, 0.2) is 0 Å². The molecule has 2 aromatic carbocycles. The highest BCUT2D eigenvalue weighted by Crippen LogP contribution is 2.25. The third kappa shape index (κ3) is 2.78. The van der Waals surface area contributed by atoms with Gasteiger partial charge in [-0.1, -0.05) is 30.3 Å². The Morgan fingerprint density at radius 3 is 2.90 bits per heavy atom. The summed E-state index contributed by atoms with van der Waals surface area (Å²) in [6.07, 6.45) is 0. The molecule has 3 rings (SSSR count). The predicted molar refractivity (Wildman–Crippen MR) is 81.9 cm³/mol. The topological polar surface area (TPSA) is 35.5 Å². The molecule has 1 atom stereocenters. The first kappa shape index (κ1) is 13.0. The van der Waals surface area contributed by atoms with Crippen LogP contribution in [0.15, 0.2) is 48.5 Å². The highest BCUT2D eigenvalue weighted by Gasteiger charge is 2.18. The fourth-order valence-electron chi connectivity index (χ4n) is 2.77. The summed E-state index contributed by atoms with van der Waals surface area (Å²) < 4.78 is 0. The van der Waals surface area contributed by atoms with Crippen molar-refractivity contribution in [2.45, 2.75) is 26.1 Å². The first-order valence-corrected chi connectivity index (χ1v) is 7.06. The Labute approximate surface area is 119 Å². The molecule has 1 heterocycles. The van der Waals surface area contributed by atoms with Gasteiger partial charge >= 0.3 is 0 Å². The number of benzene rings is 2. The van der Waals surface area contributed by atoms with E-state index < -0.39 is 0 Å². The lowest BCUT2D eigenvalue weighted by molar-refractivity contribution is 0.474. The van der Waals surface area contributed by atoms with Gasteiger partial charge in [-0.15, -0.1) is 0 Å². The highest BCUT2D eigenvalue weighted by atomic mass is 16.3. The Balaban J connectivity index is 1.90. The maximum Gasteiger partial charge on any atom is 0.115 e. The number of nitrogens with one attached hydrogen (secondary N) is 1. The van der Waals surface area contributed by atoms with Crippen LogP contribution in [0.5, 0.6) is 5.75 Å². The largest absolute Gasteiger partial charge is 0.508 e. The monoisotopic (exact) mass is 268 g/mol. The summed E-state index contributed by atoms with van der Waals surface area (Å²) in [5.74, 6) is 0.330. The minimum atomic E-state index is 0.330. The number of phenols is 1. The first-order valence-electron chi connectivity index (χ1n) is 7.06. The van der Waals surface area contributed by atoms with Crippen LogP contribution in [-0.4, -0.2) is 17.7 Å². The van der Waals surface area contributed by atoms with Crippen molar-refractivity contribution < 1.29 is 5.11 Å². The zero-order valence-corrected chi connectivity index (χ0v) is 11.7. The number of aromatic hydroxyl groups is 1. The highest BCUT2D eigenvalue weighted by molar-refractivity contribution is 5.55. The second-order valence-electron chi connectivity index (χ2n) is 5.46. The van der Waals surface area contributed by atoms with Crippen molar-refractivity contribution in [3.8, 4) is 5.75 Å². The van der Waals surface area contributed by atoms with Crippen LogP contribution in [0.1, 0.15) is 18.1 Å². The number of nitrogens with zero attached hydrogens (tertiary/aromatic N) is 1. The number of fused-ring (bicyclic) bond motifs is 1. The smallest absolute Gasteiger partial charge is 0.115 e. The molecule has 0 saturated heterocycles. The third-order valence-corrected chi connectivity index (χ3v) is 3.75. The molecule has 2 N–H and O–H groups in total. The van der Waals surface area contributed by atoms with Gasteiger partial charge in [0.1, 0.15) is 5.75 Å². The van der Waals surface area contributed by atoms with Crippen LogP contribution >= 0.6 is 0 Å². The Morgan fingerprint density at radius 1 is 1.20 bits per heavy atom. The van der Waals surface area contributed by atoms with Gasteiger partial charge in [-0.2, -0.15) is 0 Å². The van der Waals surface area contributed by atoms with E-state index in [-0.39, 0.29) is 0 Å². The number of phenolic OH excluding ortho intramolecular Hbond substituents is 1. The average molecular weight is 268 g/mol. The van der Waals surface area contributed by atoms with Gasteiger partial charge in [0.05, 0.1) is 0 Å². The van der Waals surface area contributed by atoms with Crippen LogP contribution in [0.3, 0.4) is 0 Å². The Hall–Kier alpha value is -2.00. The van der Waals surface area contributed by atoms with Crippen LogP contribution in [0, 0.1) is 0 Å². The molecular weight excluding hydrogens is 248 g/mol. The molecule has 0 unspecified atom stereocenters. The minimum Gasteiger partial charge on any atom is -0.508 e. The third-order valence-electron chi connectivity index (χ3n) is 3.75. The Morgan fingerprint density at radius 2 is 2.05 bits per heavy atom. The van der Waals surface area contributed by atoms with E-state index in [1.165, 1.54) is 11.3 Å². The van der Waals surface area contributed by atoms with Crippen molar-refractivity contribution in [3.05, 3.63) is 59.7 Å². The van der Waals surface area contributed by atoms with Gasteiger partial charge in [0.25, 0.3) is 0 Å².